The number of rotatable bonds is 7. The molecule has 0 saturated carbocycles. The van der Waals surface area contributed by atoms with Gasteiger partial charge in [-0.3, -0.25) is 4.79 Å². The molecule has 0 aliphatic carbocycles. The Balaban J connectivity index is 0. The summed E-state index contributed by atoms with van der Waals surface area (Å²) in [6, 6.07) is 0.300. The van der Waals surface area contributed by atoms with Crippen molar-refractivity contribution in [1.29, 1.82) is 5.41 Å². The Labute approximate surface area is 91.4 Å². The van der Waals surface area contributed by atoms with Gasteiger partial charge in [0.2, 0.25) is 0 Å². The first-order chi connectivity index (χ1) is 7.08. The minimum Gasteiger partial charge on any atom is -0.483 e. The highest BCUT2D eigenvalue weighted by atomic mass is 16.3. The topological polar surface area (TPSA) is 113 Å². The highest BCUT2D eigenvalue weighted by Gasteiger charge is 1.97. The maximum Gasteiger partial charge on any atom is 0.290 e. The van der Waals surface area contributed by atoms with Crippen LogP contribution in [0.5, 0.6) is 0 Å². The van der Waals surface area contributed by atoms with Gasteiger partial charge in [-0.15, -0.1) is 0 Å². The van der Waals surface area contributed by atoms with E-state index in [0.717, 1.165) is 37.8 Å². The van der Waals surface area contributed by atoms with E-state index >= 15 is 0 Å². The number of hydrogen-bond acceptors (Lipinski definition) is 4. The summed E-state index contributed by atoms with van der Waals surface area (Å²) < 4.78 is 0. The zero-order chi connectivity index (χ0) is 12.1. The van der Waals surface area contributed by atoms with Gasteiger partial charge < -0.3 is 22.0 Å². The van der Waals surface area contributed by atoms with E-state index in [9.17, 15) is 0 Å². The molecule has 90 valence electrons. The summed E-state index contributed by atoms with van der Waals surface area (Å²) in [5.74, 6) is 0. The monoisotopic (exact) mass is 217 g/mol. The predicted octanol–water partition coefficient (Wildman–Crippen LogP) is 0.963. The number of hydrogen-bond donors (Lipinski definition) is 4. The fraction of sp³-hybridized carbons (Fsp3) is 0.800. The molecule has 0 aliphatic rings. The fourth-order valence-electron chi connectivity index (χ4n) is 1.10. The van der Waals surface area contributed by atoms with Crippen molar-refractivity contribution in [1.82, 2.24) is 0 Å². The Kier molecular flexibility index (Phi) is 14.4. The average molecular weight is 217 g/mol. The summed E-state index contributed by atoms with van der Waals surface area (Å²) in [5.41, 5.74) is 11.7. The van der Waals surface area contributed by atoms with Crippen LogP contribution in [0.4, 0.5) is 0 Å². The number of carbonyl (C=O) groups is 1. The van der Waals surface area contributed by atoms with Gasteiger partial charge in [0.15, 0.2) is 0 Å². The van der Waals surface area contributed by atoms with Gasteiger partial charge in [0.25, 0.3) is 6.47 Å². The molecule has 1 atom stereocenters. The van der Waals surface area contributed by atoms with Crippen molar-refractivity contribution >= 4 is 12.2 Å². The summed E-state index contributed by atoms with van der Waals surface area (Å²) in [6.45, 7) is 2.37. The fourth-order valence-corrected chi connectivity index (χ4v) is 1.10. The molecule has 0 heterocycles. The van der Waals surface area contributed by atoms with E-state index < -0.39 is 0 Å². The third-order valence-electron chi connectivity index (χ3n) is 1.83. The van der Waals surface area contributed by atoms with Gasteiger partial charge in [0.1, 0.15) is 0 Å². The van der Waals surface area contributed by atoms with Crippen LogP contribution in [-0.4, -0.2) is 29.9 Å². The van der Waals surface area contributed by atoms with Crippen molar-refractivity contribution in [2.24, 2.45) is 11.5 Å². The van der Waals surface area contributed by atoms with E-state index in [2.05, 4.69) is 0 Å². The second-order valence-corrected chi connectivity index (χ2v) is 3.47. The number of nitrogens with two attached hydrogens (primary N) is 2. The lowest BCUT2D eigenvalue weighted by Crippen LogP contribution is -2.14. The molecule has 0 aliphatic heterocycles. The van der Waals surface area contributed by atoms with Gasteiger partial charge in [0.05, 0.1) is 0 Å². The zero-order valence-corrected chi connectivity index (χ0v) is 9.41. The van der Waals surface area contributed by atoms with Gasteiger partial charge in [-0.1, -0.05) is 6.42 Å². The first-order valence-corrected chi connectivity index (χ1v) is 5.18. The van der Waals surface area contributed by atoms with Crippen LogP contribution in [0.2, 0.25) is 0 Å². The summed E-state index contributed by atoms with van der Waals surface area (Å²) in [4.78, 5) is 8.36. The third-order valence-corrected chi connectivity index (χ3v) is 1.83. The molecule has 5 heteroatoms. The maximum absolute atomic E-state index is 8.36. The van der Waals surface area contributed by atoms with E-state index in [-0.39, 0.29) is 6.47 Å². The van der Waals surface area contributed by atoms with Crippen LogP contribution in [0.25, 0.3) is 0 Å². The number of nitrogens with one attached hydrogen (secondary N) is 1. The maximum atomic E-state index is 8.36. The molecule has 5 nitrogen and oxygen atoms in total. The molecule has 0 aromatic heterocycles. The lowest BCUT2D eigenvalue weighted by atomic mass is 10.1. The summed E-state index contributed by atoms with van der Waals surface area (Å²) in [5, 5.41) is 14.4. The molecule has 0 radical (unpaired) electrons. The Hall–Kier alpha value is -0.940. The normalized spacial score (nSPS) is 11.1. The number of carboxylic acid groups (broad SMARTS) is 1. The van der Waals surface area contributed by atoms with Gasteiger partial charge in [-0.05, 0) is 39.2 Å². The zero-order valence-electron chi connectivity index (χ0n) is 9.41. The molecule has 6 N–H and O–H groups in total. The lowest BCUT2D eigenvalue weighted by molar-refractivity contribution is -0.122. The summed E-state index contributed by atoms with van der Waals surface area (Å²) in [6.07, 6.45) is 4.92. The van der Waals surface area contributed by atoms with Crippen molar-refractivity contribution in [2.75, 3.05) is 6.54 Å². The van der Waals surface area contributed by atoms with Crippen LogP contribution in [0.15, 0.2) is 0 Å². The average Bonchev–Trinajstić information content (AvgIpc) is 2.14. The smallest absolute Gasteiger partial charge is 0.290 e. The molecule has 0 bridgehead atoms. The van der Waals surface area contributed by atoms with Gasteiger partial charge in [0, 0.05) is 11.8 Å². The number of unbranched alkanes of at least 4 members (excludes halogenated alkanes) is 1. The van der Waals surface area contributed by atoms with Crippen LogP contribution < -0.4 is 11.5 Å². The van der Waals surface area contributed by atoms with Crippen LogP contribution in [0.3, 0.4) is 0 Å². The van der Waals surface area contributed by atoms with E-state index in [1.165, 1.54) is 0 Å². The van der Waals surface area contributed by atoms with E-state index in [4.69, 9.17) is 26.8 Å². The van der Waals surface area contributed by atoms with Crippen molar-refractivity contribution in [3.05, 3.63) is 0 Å². The van der Waals surface area contributed by atoms with Crippen LogP contribution >= 0.6 is 0 Å². The molecule has 0 fully saturated rings. The quantitative estimate of drug-likeness (QED) is 0.289. The second-order valence-electron chi connectivity index (χ2n) is 3.47. The van der Waals surface area contributed by atoms with E-state index in [1.54, 1.807) is 0 Å². The standard InChI is InChI=1S/C9H21N3.CH2O2/c1-8(11)4-2-3-5-9(12)6-7-10;2-1-3/h8,12H,2-7,10-11H2,1H3;1H,(H,2,3). The molecule has 0 aromatic rings. The predicted molar refractivity (Wildman–Crippen MR) is 62.2 cm³/mol. The Morgan fingerprint density at radius 1 is 1.47 bits per heavy atom. The van der Waals surface area contributed by atoms with Crippen molar-refractivity contribution < 1.29 is 9.90 Å². The van der Waals surface area contributed by atoms with Crippen LogP contribution in [0, 0.1) is 5.41 Å². The van der Waals surface area contributed by atoms with Crippen molar-refractivity contribution in [2.45, 2.75) is 45.1 Å². The van der Waals surface area contributed by atoms with E-state index in [1.807, 2.05) is 6.92 Å². The first-order valence-electron chi connectivity index (χ1n) is 5.18. The largest absolute Gasteiger partial charge is 0.483 e. The minimum absolute atomic E-state index is 0.250. The molecule has 0 amide bonds. The Bertz CT molecular complexity index is 161. The van der Waals surface area contributed by atoms with Crippen LogP contribution in [-0.2, 0) is 4.79 Å². The summed E-state index contributed by atoms with van der Waals surface area (Å²) >= 11 is 0. The Morgan fingerprint density at radius 3 is 2.40 bits per heavy atom. The van der Waals surface area contributed by atoms with Gasteiger partial charge in [-0.2, -0.15) is 0 Å². The molecule has 0 spiro atoms. The highest BCUT2D eigenvalue weighted by Crippen LogP contribution is 2.03. The highest BCUT2D eigenvalue weighted by molar-refractivity contribution is 5.81. The van der Waals surface area contributed by atoms with Gasteiger partial charge >= 0.3 is 0 Å². The van der Waals surface area contributed by atoms with Crippen molar-refractivity contribution in [3.63, 3.8) is 0 Å². The lowest BCUT2D eigenvalue weighted by Gasteiger charge is -2.04. The third kappa shape index (κ3) is 19.5. The second kappa shape index (κ2) is 13.1. The first kappa shape index (κ1) is 16.5. The molecule has 0 saturated heterocycles. The summed E-state index contributed by atoms with van der Waals surface area (Å²) in [7, 11) is 0. The molecule has 15 heavy (non-hydrogen) atoms. The van der Waals surface area contributed by atoms with Gasteiger partial charge in [-0.25, -0.2) is 0 Å². The van der Waals surface area contributed by atoms with E-state index in [0.29, 0.717) is 12.6 Å². The van der Waals surface area contributed by atoms with Crippen molar-refractivity contribution in [3.8, 4) is 0 Å². The molecule has 0 aromatic carbocycles. The molecular formula is C10H23N3O2. The SMILES string of the molecule is CC(N)CCCCC(=N)CCN.O=CO. The Morgan fingerprint density at radius 2 is 2.00 bits per heavy atom. The minimum atomic E-state index is -0.250. The molecular weight excluding hydrogens is 194 g/mol. The van der Waals surface area contributed by atoms with Crippen LogP contribution in [0.1, 0.15) is 39.0 Å². The molecule has 1 unspecified atom stereocenters. The molecule has 0 rings (SSSR count).